The smallest absolute Gasteiger partial charge is 0.286 e. The molecule has 0 aliphatic carbocycles. The van der Waals surface area contributed by atoms with Crippen LogP contribution < -0.4 is 5.32 Å². The third kappa shape index (κ3) is 5.81. The quantitative estimate of drug-likeness (QED) is 0.561. The summed E-state index contributed by atoms with van der Waals surface area (Å²) in [4.78, 5) is 12.8. The fraction of sp³-hybridized carbons (Fsp3) is 0.190. The second-order valence-corrected chi connectivity index (χ2v) is 7.94. The van der Waals surface area contributed by atoms with E-state index in [1.54, 1.807) is 36.4 Å². The van der Waals surface area contributed by atoms with E-state index in [4.69, 9.17) is 16.0 Å². The molecule has 3 aromatic rings. The Kier molecular flexibility index (Phi) is 6.85. The molecule has 1 heterocycles. The normalized spacial score (nSPS) is 11.9. The lowest BCUT2D eigenvalue weighted by Crippen LogP contribution is -2.24. The summed E-state index contributed by atoms with van der Waals surface area (Å²) < 4.78 is 17.9. The fourth-order valence-electron chi connectivity index (χ4n) is 2.60. The third-order valence-corrected chi connectivity index (χ3v) is 5.60. The number of hydrogen-bond acceptors (Lipinski definition) is 3. The van der Waals surface area contributed by atoms with Crippen LogP contribution >= 0.6 is 11.6 Å². The number of benzene rings is 2. The van der Waals surface area contributed by atoms with Gasteiger partial charge in [-0.15, -0.1) is 0 Å². The maximum atomic E-state index is 12.4. The van der Waals surface area contributed by atoms with Gasteiger partial charge in [0.2, 0.25) is 0 Å². The number of furan rings is 1. The van der Waals surface area contributed by atoms with Crippen LogP contribution in [0.4, 0.5) is 0 Å². The molecule has 1 N–H and O–H groups in total. The summed E-state index contributed by atoms with van der Waals surface area (Å²) in [6, 6.07) is 20.3. The van der Waals surface area contributed by atoms with Gasteiger partial charge in [-0.2, -0.15) is 0 Å². The number of halogens is 1. The maximum Gasteiger partial charge on any atom is 0.286 e. The molecule has 2 aromatic carbocycles. The number of aryl methyl sites for hydroxylation is 1. The van der Waals surface area contributed by atoms with Gasteiger partial charge in [0.15, 0.2) is 5.76 Å². The molecule has 0 saturated carbocycles. The van der Waals surface area contributed by atoms with Crippen LogP contribution in [0.25, 0.3) is 0 Å². The highest BCUT2D eigenvalue weighted by Gasteiger charge is 2.13. The molecule has 4 nitrogen and oxygen atoms in total. The molecule has 6 heteroatoms. The molecular weight excluding hydrogens is 382 g/mol. The first-order chi connectivity index (χ1) is 13.1. The van der Waals surface area contributed by atoms with E-state index in [9.17, 15) is 9.00 Å². The molecule has 1 atom stereocenters. The zero-order chi connectivity index (χ0) is 19.1. The number of rotatable bonds is 8. The zero-order valence-electron chi connectivity index (χ0n) is 14.7. The first-order valence-corrected chi connectivity index (χ1v) is 10.4. The Balaban J connectivity index is 1.47. The number of carbonyl (C=O) groups is 1. The molecule has 0 saturated heterocycles. The van der Waals surface area contributed by atoms with E-state index >= 15 is 0 Å². The van der Waals surface area contributed by atoms with Gasteiger partial charge in [0, 0.05) is 16.5 Å². The van der Waals surface area contributed by atoms with Gasteiger partial charge in [0.05, 0.1) is 16.6 Å². The Morgan fingerprint density at radius 1 is 1.00 bits per heavy atom. The summed E-state index contributed by atoms with van der Waals surface area (Å²) in [5, 5.41) is 3.45. The van der Waals surface area contributed by atoms with E-state index < -0.39 is 10.8 Å². The summed E-state index contributed by atoms with van der Waals surface area (Å²) >= 11 is 5.84. The van der Waals surface area contributed by atoms with Gasteiger partial charge in [0.1, 0.15) is 5.76 Å². The molecule has 1 amide bonds. The van der Waals surface area contributed by atoms with Crippen LogP contribution in [0.3, 0.4) is 0 Å². The van der Waals surface area contributed by atoms with E-state index in [2.05, 4.69) is 17.4 Å². The number of amides is 1. The van der Waals surface area contributed by atoms with Crippen LogP contribution in [-0.4, -0.2) is 16.7 Å². The minimum atomic E-state index is -1.25. The number of hydrogen-bond donors (Lipinski definition) is 1. The summed E-state index contributed by atoms with van der Waals surface area (Å²) in [6.07, 6.45) is 1.76. The highest BCUT2D eigenvalue weighted by molar-refractivity contribution is 7.84. The standard InChI is InChI=1S/C21H20ClNO3S/c22-17-8-11-19(12-9-17)27(25)15-18-10-13-20(26-18)21(24)23-14-4-7-16-5-2-1-3-6-16/h1-3,5-6,8-13H,4,7,14-15H2,(H,23,24). The largest absolute Gasteiger partial charge is 0.455 e. The molecule has 0 aliphatic heterocycles. The minimum Gasteiger partial charge on any atom is -0.455 e. The molecule has 0 radical (unpaired) electrons. The highest BCUT2D eigenvalue weighted by atomic mass is 35.5. The van der Waals surface area contributed by atoms with E-state index in [1.165, 1.54) is 5.56 Å². The number of carbonyl (C=O) groups excluding carboxylic acids is 1. The van der Waals surface area contributed by atoms with Gasteiger partial charge in [0.25, 0.3) is 5.91 Å². The van der Waals surface area contributed by atoms with E-state index in [0.29, 0.717) is 22.2 Å². The third-order valence-electron chi connectivity index (χ3n) is 4.01. The lowest BCUT2D eigenvalue weighted by Gasteiger charge is -2.04. The maximum absolute atomic E-state index is 12.4. The Bertz CT molecular complexity index is 907. The Hall–Kier alpha value is -2.37. The van der Waals surface area contributed by atoms with Crippen LogP contribution in [0.15, 0.2) is 76.0 Å². The van der Waals surface area contributed by atoms with Gasteiger partial charge in [-0.1, -0.05) is 41.9 Å². The van der Waals surface area contributed by atoms with Crippen LogP contribution in [0.1, 0.15) is 28.3 Å². The van der Waals surface area contributed by atoms with Gasteiger partial charge in [-0.3, -0.25) is 9.00 Å². The molecule has 27 heavy (non-hydrogen) atoms. The zero-order valence-corrected chi connectivity index (χ0v) is 16.3. The van der Waals surface area contributed by atoms with Crippen molar-refractivity contribution in [3.8, 4) is 0 Å². The predicted octanol–water partition coefficient (Wildman–Crippen LogP) is 4.60. The summed E-state index contributed by atoms with van der Waals surface area (Å²) in [6.45, 7) is 0.570. The Morgan fingerprint density at radius 2 is 1.74 bits per heavy atom. The first-order valence-electron chi connectivity index (χ1n) is 8.66. The lowest BCUT2D eigenvalue weighted by molar-refractivity contribution is 0.0924. The summed E-state index contributed by atoms with van der Waals surface area (Å²) in [5.74, 6) is 0.699. The van der Waals surface area contributed by atoms with Gasteiger partial charge in [-0.25, -0.2) is 0 Å². The second kappa shape index (κ2) is 9.53. The van der Waals surface area contributed by atoms with Crippen LogP contribution in [0.5, 0.6) is 0 Å². The highest BCUT2D eigenvalue weighted by Crippen LogP contribution is 2.17. The predicted molar refractivity (Wildman–Crippen MR) is 107 cm³/mol. The van der Waals surface area contributed by atoms with Crippen molar-refractivity contribution in [2.75, 3.05) is 6.54 Å². The van der Waals surface area contributed by atoms with Crippen molar-refractivity contribution in [1.29, 1.82) is 0 Å². The van der Waals surface area contributed by atoms with Crippen molar-refractivity contribution >= 4 is 28.3 Å². The van der Waals surface area contributed by atoms with Crippen molar-refractivity contribution in [2.45, 2.75) is 23.5 Å². The van der Waals surface area contributed by atoms with E-state index in [-0.39, 0.29) is 17.4 Å². The average molecular weight is 402 g/mol. The van der Waals surface area contributed by atoms with Gasteiger partial charge >= 0.3 is 0 Å². The van der Waals surface area contributed by atoms with Crippen LogP contribution in [0.2, 0.25) is 5.02 Å². The van der Waals surface area contributed by atoms with Crippen LogP contribution in [0, 0.1) is 0 Å². The molecule has 140 valence electrons. The van der Waals surface area contributed by atoms with Crippen molar-refractivity contribution in [3.05, 3.63) is 88.8 Å². The number of nitrogens with one attached hydrogen (secondary N) is 1. The topological polar surface area (TPSA) is 59.3 Å². The van der Waals surface area contributed by atoms with E-state index in [1.807, 2.05) is 18.2 Å². The molecule has 0 bridgehead atoms. The fourth-order valence-corrected chi connectivity index (χ4v) is 3.75. The van der Waals surface area contributed by atoms with Crippen molar-refractivity contribution in [1.82, 2.24) is 5.32 Å². The average Bonchev–Trinajstić information content (AvgIpc) is 3.15. The molecule has 0 fully saturated rings. The Morgan fingerprint density at radius 3 is 2.48 bits per heavy atom. The lowest BCUT2D eigenvalue weighted by atomic mass is 10.1. The molecule has 0 spiro atoms. The molecule has 3 rings (SSSR count). The SMILES string of the molecule is O=C(NCCCc1ccccc1)c1ccc(CS(=O)c2ccc(Cl)cc2)o1. The molecular formula is C21H20ClNO3S. The first kappa shape index (κ1) is 19.4. The van der Waals surface area contributed by atoms with Crippen LogP contribution in [-0.2, 0) is 23.0 Å². The molecule has 0 aliphatic rings. The van der Waals surface area contributed by atoms with Gasteiger partial charge < -0.3 is 9.73 Å². The summed E-state index contributed by atoms with van der Waals surface area (Å²) in [5.41, 5.74) is 1.25. The molecule has 1 aromatic heterocycles. The summed E-state index contributed by atoms with van der Waals surface area (Å²) in [7, 11) is -1.25. The second-order valence-electron chi connectivity index (χ2n) is 6.05. The minimum absolute atomic E-state index is 0.211. The monoisotopic (exact) mass is 401 g/mol. The van der Waals surface area contributed by atoms with Crippen molar-refractivity contribution in [3.63, 3.8) is 0 Å². The molecule has 1 unspecified atom stereocenters. The van der Waals surface area contributed by atoms with Crippen molar-refractivity contribution in [2.24, 2.45) is 0 Å². The Labute approximate surface area is 166 Å². The van der Waals surface area contributed by atoms with E-state index in [0.717, 1.165) is 12.8 Å². The van der Waals surface area contributed by atoms with Gasteiger partial charge in [-0.05, 0) is 54.8 Å². The van der Waals surface area contributed by atoms with Crippen molar-refractivity contribution < 1.29 is 13.4 Å².